The van der Waals surface area contributed by atoms with Gasteiger partial charge in [0.2, 0.25) is 0 Å². The molecule has 19 heavy (non-hydrogen) atoms. The van der Waals surface area contributed by atoms with Gasteiger partial charge in [-0.05, 0) is 24.5 Å². The first-order valence-electron chi connectivity index (χ1n) is 6.38. The molecule has 0 aliphatic carbocycles. The topological polar surface area (TPSA) is 70.0 Å². The number of piperidine rings is 1. The number of aliphatic hydroxyl groups is 1. The first-order chi connectivity index (χ1) is 9.04. The van der Waals surface area contributed by atoms with E-state index in [0.29, 0.717) is 13.1 Å². The summed E-state index contributed by atoms with van der Waals surface area (Å²) >= 11 is 0. The van der Waals surface area contributed by atoms with Crippen LogP contribution in [-0.4, -0.2) is 47.3 Å². The molecular weight excluding hydrogens is 246 g/mol. The number of ether oxygens (including phenoxy) is 1. The van der Waals surface area contributed by atoms with Gasteiger partial charge in [0.05, 0.1) is 18.8 Å². The summed E-state index contributed by atoms with van der Waals surface area (Å²) in [5, 5.41) is 19.8. The van der Waals surface area contributed by atoms with E-state index in [0.717, 1.165) is 6.42 Å². The molecule has 2 rings (SSSR count). The van der Waals surface area contributed by atoms with Gasteiger partial charge in [-0.1, -0.05) is 13.0 Å². The maximum absolute atomic E-state index is 12.3. The summed E-state index contributed by atoms with van der Waals surface area (Å²) < 4.78 is 4.99. The van der Waals surface area contributed by atoms with Crippen molar-refractivity contribution in [2.45, 2.75) is 19.4 Å². The summed E-state index contributed by atoms with van der Waals surface area (Å²) in [6, 6.07) is 4.82. The van der Waals surface area contributed by atoms with Crippen molar-refractivity contribution >= 4 is 5.91 Å². The highest BCUT2D eigenvalue weighted by atomic mass is 16.5. The summed E-state index contributed by atoms with van der Waals surface area (Å²) in [6.07, 6.45) is 0.253. The van der Waals surface area contributed by atoms with E-state index in [1.54, 1.807) is 23.1 Å². The number of hydrogen-bond acceptors (Lipinski definition) is 4. The summed E-state index contributed by atoms with van der Waals surface area (Å²) in [5.41, 5.74) is 0.209. The molecule has 1 aromatic carbocycles. The number of aromatic hydroxyl groups is 1. The highest BCUT2D eigenvalue weighted by Crippen LogP contribution is 2.31. The van der Waals surface area contributed by atoms with Crippen LogP contribution in [0.3, 0.4) is 0 Å². The van der Waals surface area contributed by atoms with Crippen molar-refractivity contribution in [3.63, 3.8) is 0 Å². The number of phenols is 1. The van der Waals surface area contributed by atoms with Crippen LogP contribution < -0.4 is 4.74 Å². The number of benzene rings is 1. The standard InChI is InChI=1S/C14H19NO4/c1-9-6-7-15(8-11(9)16)14(18)10-4-3-5-12(19-2)13(10)17/h3-5,9,11,16-17H,6-8H2,1-2H3. The zero-order valence-corrected chi connectivity index (χ0v) is 11.2. The minimum Gasteiger partial charge on any atom is -0.504 e. The molecule has 0 spiro atoms. The zero-order chi connectivity index (χ0) is 14.0. The van der Waals surface area contributed by atoms with Crippen LogP contribution in [0.5, 0.6) is 11.5 Å². The number of methoxy groups -OCH3 is 1. The Morgan fingerprint density at radius 1 is 1.47 bits per heavy atom. The van der Waals surface area contributed by atoms with Gasteiger partial charge in [-0.2, -0.15) is 0 Å². The lowest BCUT2D eigenvalue weighted by molar-refractivity contribution is 0.0246. The number of rotatable bonds is 2. The van der Waals surface area contributed by atoms with Gasteiger partial charge in [0.25, 0.3) is 5.91 Å². The molecule has 0 radical (unpaired) electrons. The number of nitrogens with zero attached hydrogens (tertiary/aromatic N) is 1. The molecule has 2 unspecified atom stereocenters. The van der Waals surface area contributed by atoms with Gasteiger partial charge < -0.3 is 19.8 Å². The molecule has 1 saturated heterocycles. The number of β-amino-alcohol motifs (C(OH)–C–C–N with tert-alkyl or cyclic N) is 1. The van der Waals surface area contributed by atoms with E-state index in [4.69, 9.17) is 4.74 Å². The van der Waals surface area contributed by atoms with E-state index in [-0.39, 0.29) is 28.9 Å². The van der Waals surface area contributed by atoms with Gasteiger partial charge in [0.15, 0.2) is 11.5 Å². The first-order valence-corrected chi connectivity index (χ1v) is 6.38. The fraction of sp³-hybridized carbons (Fsp3) is 0.500. The zero-order valence-electron chi connectivity index (χ0n) is 11.2. The van der Waals surface area contributed by atoms with E-state index in [2.05, 4.69) is 0 Å². The molecule has 1 fully saturated rings. The Morgan fingerprint density at radius 2 is 2.21 bits per heavy atom. The summed E-state index contributed by atoms with van der Waals surface area (Å²) in [5.74, 6) is 0.0465. The van der Waals surface area contributed by atoms with Crippen LogP contribution in [0.2, 0.25) is 0 Å². The molecular formula is C14H19NO4. The molecule has 2 N–H and O–H groups in total. The predicted molar refractivity (Wildman–Crippen MR) is 70.4 cm³/mol. The third-order valence-electron chi connectivity index (χ3n) is 3.66. The van der Waals surface area contributed by atoms with Crippen molar-refractivity contribution in [3.8, 4) is 11.5 Å². The second-order valence-electron chi connectivity index (χ2n) is 4.94. The molecule has 1 aromatic rings. The Hall–Kier alpha value is -1.75. The van der Waals surface area contributed by atoms with Crippen LogP contribution in [0.4, 0.5) is 0 Å². The van der Waals surface area contributed by atoms with Crippen LogP contribution in [0, 0.1) is 5.92 Å². The molecule has 0 aromatic heterocycles. The second-order valence-corrected chi connectivity index (χ2v) is 4.94. The van der Waals surface area contributed by atoms with E-state index >= 15 is 0 Å². The fourth-order valence-corrected chi connectivity index (χ4v) is 2.26. The van der Waals surface area contributed by atoms with Crippen molar-refractivity contribution in [2.75, 3.05) is 20.2 Å². The molecule has 1 amide bonds. The lowest BCUT2D eigenvalue weighted by atomic mass is 9.95. The second kappa shape index (κ2) is 5.48. The largest absolute Gasteiger partial charge is 0.504 e. The van der Waals surface area contributed by atoms with E-state index in [1.165, 1.54) is 7.11 Å². The Bertz CT molecular complexity index is 475. The highest BCUT2D eigenvalue weighted by Gasteiger charge is 2.29. The van der Waals surface area contributed by atoms with E-state index < -0.39 is 6.10 Å². The Kier molecular flexibility index (Phi) is 3.95. The molecule has 104 valence electrons. The van der Waals surface area contributed by atoms with Crippen LogP contribution in [0.25, 0.3) is 0 Å². The number of carbonyl (C=O) groups excluding carboxylic acids is 1. The molecule has 1 aliphatic rings. The van der Waals surface area contributed by atoms with Crippen molar-refractivity contribution in [1.82, 2.24) is 4.90 Å². The van der Waals surface area contributed by atoms with Crippen LogP contribution >= 0.6 is 0 Å². The minimum absolute atomic E-state index is 0.150. The van der Waals surface area contributed by atoms with Crippen molar-refractivity contribution < 1.29 is 19.7 Å². The fourth-order valence-electron chi connectivity index (χ4n) is 2.26. The maximum Gasteiger partial charge on any atom is 0.257 e. The van der Waals surface area contributed by atoms with Crippen LogP contribution in [0.1, 0.15) is 23.7 Å². The quantitative estimate of drug-likeness (QED) is 0.844. The summed E-state index contributed by atoms with van der Waals surface area (Å²) in [6.45, 7) is 2.86. The molecule has 1 aliphatic heterocycles. The number of hydrogen-bond donors (Lipinski definition) is 2. The molecule has 0 saturated carbocycles. The van der Waals surface area contributed by atoms with E-state index in [1.807, 2.05) is 6.92 Å². The number of likely N-dealkylation sites (tertiary alicyclic amines) is 1. The Morgan fingerprint density at radius 3 is 2.84 bits per heavy atom. The number of carbonyl (C=O) groups is 1. The van der Waals surface area contributed by atoms with Crippen molar-refractivity contribution in [3.05, 3.63) is 23.8 Å². The summed E-state index contributed by atoms with van der Waals surface area (Å²) in [4.78, 5) is 13.9. The Balaban J connectivity index is 2.20. The minimum atomic E-state index is -0.509. The predicted octanol–water partition coefficient (Wildman–Crippen LogP) is 1.24. The molecule has 2 atom stereocenters. The molecule has 5 nitrogen and oxygen atoms in total. The average molecular weight is 265 g/mol. The van der Waals surface area contributed by atoms with Crippen molar-refractivity contribution in [1.29, 1.82) is 0 Å². The smallest absolute Gasteiger partial charge is 0.257 e. The van der Waals surface area contributed by atoms with Gasteiger partial charge in [0.1, 0.15) is 0 Å². The maximum atomic E-state index is 12.3. The van der Waals surface area contributed by atoms with E-state index in [9.17, 15) is 15.0 Å². The monoisotopic (exact) mass is 265 g/mol. The van der Waals surface area contributed by atoms with Gasteiger partial charge in [-0.25, -0.2) is 0 Å². The van der Waals surface area contributed by atoms with Crippen molar-refractivity contribution in [2.24, 2.45) is 5.92 Å². The van der Waals surface area contributed by atoms with Crippen LogP contribution in [-0.2, 0) is 0 Å². The first kappa shape index (κ1) is 13.7. The lowest BCUT2D eigenvalue weighted by Gasteiger charge is -2.34. The van der Waals surface area contributed by atoms with Gasteiger partial charge in [-0.3, -0.25) is 4.79 Å². The number of aliphatic hydroxyl groups excluding tert-OH is 1. The number of amides is 1. The highest BCUT2D eigenvalue weighted by molar-refractivity contribution is 5.97. The lowest BCUT2D eigenvalue weighted by Crippen LogP contribution is -2.45. The third-order valence-corrected chi connectivity index (χ3v) is 3.66. The molecule has 5 heteroatoms. The third kappa shape index (κ3) is 2.66. The van der Waals surface area contributed by atoms with Gasteiger partial charge in [-0.15, -0.1) is 0 Å². The molecule has 1 heterocycles. The van der Waals surface area contributed by atoms with Gasteiger partial charge in [0, 0.05) is 13.1 Å². The Labute approximate surface area is 112 Å². The normalized spacial score (nSPS) is 23.2. The number of phenolic OH excluding ortho intramolecular Hbond substituents is 1. The summed E-state index contributed by atoms with van der Waals surface area (Å²) in [7, 11) is 1.44. The molecule has 0 bridgehead atoms. The number of para-hydroxylation sites is 1. The SMILES string of the molecule is COc1cccc(C(=O)N2CCC(C)C(O)C2)c1O. The van der Waals surface area contributed by atoms with Crippen LogP contribution in [0.15, 0.2) is 18.2 Å². The van der Waals surface area contributed by atoms with Gasteiger partial charge >= 0.3 is 0 Å². The average Bonchev–Trinajstić information content (AvgIpc) is 2.41.